The van der Waals surface area contributed by atoms with Gasteiger partial charge in [-0.05, 0) is 19.1 Å². The topological polar surface area (TPSA) is 80.7 Å². The molecule has 6 nitrogen and oxygen atoms in total. The van der Waals surface area contributed by atoms with Gasteiger partial charge in [0.05, 0.1) is 24.7 Å². The molecule has 1 aliphatic rings. The van der Waals surface area contributed by atoms with E-state index < -0.39 is 77.3 Å². The Balaban J connectivity index is 2.08. The number of amides is 1. The zero-order valence-corrected chi connectivity index (χ0v) is 18.6. The number of hydrogen-bond acceptors (Lipinski definition) is 5. The molecule has 1 aliphatic heterocycles. The van der Waals surface area contributed by atoms with Crippen molar-refractivity contribution in [1.29, 1.82) is 0 Å². The van der Waals surface area contributed by atoms with Gasteiger partial charge < -0.3 is 19.9 Å². The predicted octanol–water partition coefficient (Wildman–Crippen LogP) is 4.59. The molecule has 0 spiro atoms. The zero-order valence-electron chi connectivity index (χ0n) is 18.6. The van der Waals surface area contributed by atoms with Crippen LogP contribution in [0.2, 0.25) is 0 Å². The molecule has 35 heavy (non-hydrogen) atoms. The number of nitrogens with one attached hydrogen (secondary N) is 1. The SMILES string of the molecule is COc1c([C@H]2[C@H](C(=O)Nc3cc([C@@H](O)CF)ncc3F)O[C@@](C)(C(F)(F)F)[C@H]2C)ccc(F)c1F. The highest BCUT2D eigenvalue weighted by Crippen LogP contribution is 2.55. The molecule has 5 atom stereocenters. The number of hydrogen-bond donors (Lipinski definition) is 2. The number of aliphatic hydroxyl groups excluding tert-OH is 1. The van der Waals surface area contributed by atoms with Crippen LogP contribution in [0.4, 0.5) is 36.4 Å². The molecule has 2 heterocycles. The lowest BCUT2D eigenvalue weighted by Crippen LogP contribution is -2.47. The zero-order chi connectivity index (χ0) is 26.3. The number of pyridine rings is 1. The average molecular weight is 510 g/mol. The van der Waals surface area contributed by atoms with Crippen LogP contribution in [0.25, 0.3) is 0 Å². The number of rotatable bonds is 6. The normalized spacial score (nSPS) is 25.4. The van der Waals surface area contributed by atoms with Gasteiger partial charge in [0.2, 0.25) is 5.82 Å². The molecule has 192 valence electrons. The Hall–Kier alpha value is -2.93. The number of nitrogens with zero attached hydrogens (tertiary/aromatic N) is 1. The van der Waals surface area contributed by atoms with Gasteiger partial charge in [0.15, 0.2) is 23.0 Å². The Labute approximate surface area is 195 Å². The molecule has 1 fully saturated rings. The van der Waals surface area contributed by atoms with Crippen molar-refractivity contribution in [3.8, 4) is 5.75 Å². The first-order valence-corrected chi connectivity index (χ1v) is 10.2. The minimum Gasteiger partial charge on any atom is -0.493 e. The first-order valence-electron chi connectivity index (χ1n) is 10.2. The number of aromatic nitrogens is 1. The van der Waals surface area contributed by atoms with Crippen LogP contribution >= 0.6 is 0 Å². The highest BCUT2D eigenvalue weighted by molar-refractivity contribution is 5.95. The van der Waals surface area contributed by atoms with Crippen molar-refractivity contribution in [3.05, 3.63) is 53.1 Å². The third-order valence-electron chi connectivity index (χ3n) is 6.19. The number of methoxy groups -OCH3 is 1. The van der Waals surface area contributed by atoms with E-state index in [1.54, 1.807) is 0 Å². The molecule has 0 saturated carbocycles. The Morgan fingerprint density at radius 2 is 1.94 bits per heavy atom. The molecule has 0 aliphatic carbocycles. The number of aliphatic hydroxyl groups is 1. The smallest absolute Gasteiger partial charge is 0.417 e. The molecule has 1 saturated heterocycles. The summed E-state index contributed by atoms with van der Waals surface area (Å²) in [5.41, 5.74) is -4.12. The molecule has 0 radical (unpaired) electrons. The van der Waals surface area contributed by atoms with Crippen LogP contribution in [0.3, 0.4) is 0 Å². The van der Waals surface area contributed by atoms with E-state index in [2.05, 4.69) is 10.3 Å². The Morgan fingerprint density at radius 3 is 2.51 bits per heavy atom. The van der Waals surface area contributed by atoms with Gasteiger partial charge in [0.1, 0.15) is 18.9 Å². The first-order chi connectivity index (χ1) is 16.3. The molecule has 0 unspecified atom stereocenters. The highest BCUT2D eigenvalue weighted by atomic mass is 19.4. The van der Waals surface area contributed by atoms with E-state index >= 15 is 0 Å². The number of ether oxygens (including phenoxy) is 2. The van der Waals surface area contributed by atoms with Crippen LogP contribution in [0.5, 0.6) is 5.75 Å². The fraction of sp³-hybridized carbons (Fsp3) is 0.455. The standard InChI is InChI=1S/C22H21F7N2O4/c1-9-16(10-4-5-11(24)17(26)18(10)34-3)19(35-21(9,2)22(27,28)29)20(33)31-13-6-14(15(32)7-23)30-8-12(13)25/h4-6,8-9,15-16,19,32H,7H2,1-3H3,(H,30,31,33)/t9-,15-,16-,19+,21+/m0/s1. The second kappa shape index (κ2) is 9.61. The van der Waals surface area contributed by atoms with Gasteiger partial charge >= 0.3 is 6.18 Å². The molecular formula is C22H21F7N2O4. The van der Waals surface area contributed by atoms with Crippen molar-refractivity contribution in [2.24, 2.45) is 5.92 Å². The van der Waals surface area contributed by atoms with E-state index in [4.69, 9.17) is 9.47 Å². The van der Waals surface area contributed by atoms with Crippen molar-refractivity contribution in [2.45, 2.75) is 43.8 Å². The lowest BCUT2D eigenvalue weighted by molar-refractivity contribution is -0.272. The van der Waals surface area contributed by atoms with Crippen LogP contribution in [0.15, 0.2) is 24.4 Å². The van der Waals surface area contributed by atoms with Crippen LogP contribution in [-0.2, 0) is 9.53 Å². The van der Waals surface area contributed by atoms with Crippen molar-refractivity contribution >= 4 is 11.6 Å². The van der Waals surface area contributed by atoms with Crippen LogP contribution in [0.1, 0.15) is 37.1 Å². The molecule has 0 bridgehead atoms. The third-order valence-corrected chi connectivity index (χ3v) is 6.19. The maximum atomic E-state index is 14.4. The number of anilines is 1. The summed E-state index contributed by atoms with van der Waals surface area (Å²) < 4.78 is 107. The second-order valence-corrected chi connectivity index (χ2v) is 8.19. The van der Waals surface area contributed by atoms with Gasteiger partial charge in [-0.15, -0.1) is 0 Å². The molecule has 1 aromatic heterocycles. The quantitative estimate of drug-likeness (QED) is 0.556. The summed E-state index contributed by atoms with van der Waals surface area (Å²) in [6.07, 6.45) is -8.09. The monoisotopic (exact) mass is 510 g/mol. The fourth-order valence-corrected chi connectivity index (χ4v) is 4.06. The number of carbonyl (C=O) groups is 1. The van der Waals surface area contributed by atoms with Gasteiger partial charge in [0.25, 0.3) is 5.91 Å². The molecule has 13 heteroatoms. The summed E-state index contributed by atoms with van der Waals surface area (Å²) in [5, 5.41) is 11.6. The summed E-state index contributed by atoms with van der Waals surface area (Å²) in [5.74, 6) is -8.91. The van der Waals surface area contributed by atoms with Crippen LogP contribution in [0, 0.1) is 23.4 Å². The lowest BCUT2D eigenvalue weighted by atomic mass is 9.77. The van der Waals surface area contributed by atoms with Crippen LogP contribution in [-0.4, -0.2) is 47.7 Å². The number of alkyl halides is 4. The molecule has 3 rings (SSSR count). The van der Waals surface area contributed by atoms with Gasteiger partial charge in [-0.1, -0.05) is 13.0 Å². The predicted molar refractivity (Wildman–Crippen MR) is 108 cm³/mol. The van der Waals surface area contributed by atoms with Crippen molar-refractivity contribution < 1.29 is 50.1 Å². The second-order valence-electron chi connectivity index (χ2n) is 8.19. The summed E-state index contributed by atoms with van der Waals surface area (Å²) in [7, 11) is 0.976. The minimum atomic E-state index is -4.98. The van der Waals surface area contributed by atoms with Crippen LogP contribution < -0.4 is 10.1 Å². The molecule has 1 amide bonds. The largest absolute Gasteiger partial charge is 0.493 e. The molecule has 2 N–H and O–H groups in total. The van der Waals surface area contributed by atoms with Gasteiger partial charge in [0, 0.05) is 17.4 Å². The van der Waals surface area contributed by atoms with Crippen molar-refractivity contribution in [1.82, 2.24) is 4.98 Å². The van der Waals surface area contributed by atoms with Crippen molar-refractivity contribution in [3.63, 3.8) is 0 Å². The molecule has 2 aromatic rings. The fourth-order valence-electron chi connectivity index (χ4n) is 4.06. The maximum Gasteiger partial charge on any atom is 0.417 e. The Bertz CT molecular complexity index is 1110. The third kappa shape index (κ3) is 4.66. The number of halogens is 7. The summed E-state index contributed by atoms with van der Waals surface area (Å²) in [6.45, 7) is 0.555. The van der Waals surface area contributed by atoms with E-state index in [1.807, 2.05) is 0 Å². The van der Waals surface area contributed by atoms with Gasteiger partial charge in [-0.2, -0.15) is 17.6 Å². The Kier molecular flexibility index (Phi) is 7.32. The van der Waals surface area contributed by atoms with Gasteiger partial charge in [-0.3, -0.25) is 9.78 Å². The summed E-state index contributed by atoms with van der Waals surface area (Å²) >= 11 is 0. The average Bonchev–Trinajstić information content (AvgIpc) is 3.08. The van der Waals surface area contributed by atoms with E-state index in [9.17, 15) is 40.6 Å². The molecule has 1 aromatic carbocycles. The lowest BCUT2D eigenvalue weighted by Gasteiger charge is -2.32. The minimum absolute atomic E-state index is 0.268. The number of benzene rings is 1. The van der Waals surface area contributed by atoms with E-state index in [-0.39, 0.29) is 11.3 Å². The summed E-state index contributed by atoms with van der Waals surface area (Å²) in [6, 6.07) is 2.46. The van der Waals surface area contributed by atoms with Crippen molar-refractivity contribution in [2.75, 3.05) is 19.1 Å². The first kappa shape index (κ1) is 26.7. The molecular weight excluding hydrogens is 489 g/mol. The summed E-state index contributed by atoms with van der Waals surface area (Å²) in [4.78, 5) is 16.6. The van der Waals surface area contributed by atoms with Gasteiger partial charge in [-0.25, -0.2) is 13.2 Å². The van der Waals surface area contributed by atoms with E-state index in [0.29, 0.717) is 19.2 Å². The van der Waals surface area contributed by atoms with E-state index in [1.165, 1.54) is 0 Å². The highest BCUT2D eigenvalue weighted by Gasteiger charge is 2.66. The Morgan fingerprint density at radius 1 is 1.29 bits per heavy atom. The number of carbonyl (C=O) groups excluding carboxylic acids is 1. The maximum absolute atomic E-state index is 14.4. The van der Waals surface area contributed by atoms with E-state index in [0.717, 1.165) is 26.2 Å².